The normalized spacial score (nSPS) is 19.2. The van der Waals surface area contributed by atoms with Gasteiger partial charge in [0.1, 0.15) is 29.2 Å². The summed E-state index contributed by atoms with van der Waals surface area (Å²) in [6.45, 7) is 14.3. The van der Waals surface area contributed by atoms with Crippen LogP contribution in [-0.4, -0.2) is 92.6 Å². The maximum Gasteiger partial charge on any atom is 0.319 e. The van der Waals surface area contributed by atoms with E-state index in [1.165, 1.54) is 4.90 Å². The van der Waals surface area contributed by atoms with E-state index in [1.54, 1.807) is 69.2 Å². The summed E-state index contributed by atoms with van der Waals surface area (Å²) in [6, 6.07) is 4.66. The maximum atomic E-state index is 14.3. The van der Waals surface area contributed by atoms with Gasteiger partial charge < -0.3 is 35.6 Å². The number of pyridine rings is 1. The van der Waals surface area contributed by atoms with Crippen LogP contribution in [0.1, 0.15) is 59.8 Å². The Morgan fingerprint density at radius 3 is 2.46 bits per heavy atom. The van der Waals surface area contributed by atoms with E-state index in [1.807, 2.05) is 13.0 Å². The van der Waals surface area contributed by atoms with Crippen molar-refractivity contribution in [3.63, 3.8) is 0 Å². The Hall–Kier alpha value is -5.73. The van der Waals surface area contributed by atoms with Crippen molar-refractivity contribution in [1.29, 1.82) is 0 Å². The third-order valence-electron chi connectivity index (χ3n) is 8.84. The maximum absolute atomic E-state index is 14.3. The number of rotatable bonds is 15. The molecule has 15 heteroatoms. The lowest BCUT2D eigenvalue weighted by molar-refractivity contribution is -0.142. The number of nitrogens with zero attached hydrogens (tertiary/aromatic N) is 4. The van der Waals surface area contributed by atoms with Gasteiger partial charge >= 0.3 is 6.03 Å². The first kappa shape index (κ1) is 37.5. The highest BCUT2D eigenvalue weighted by atomic mass is 16.5. The third-order valence-corrected chi connectivity index (χ3v) is 8.84. The smallest absolute Gasteiger partial charge is 0.319 e. The van der Waals surface area contributed by atoms with Gasteiger partial charge in [-0.3, -0.25) is 19.2 Å². The van der Waals surface area contributed by atoms with Gasteiger partial charge in [-0.15, -0.1) is 0 Å². The summed E-state index contributed by atoms with van der Waals surface area (Å²) in [4.78, 5) is 73.2. The van der Waals surface area contributed by atoms with Crippen LogP contribution in [0.15, 0.2) is 67.2 Å². The minimum atomic E-state index is -1.21. The highest BCUT2D eigenvalue weighted by Gasteiger charge is 2.50. The molecule has 4 N–H and O–H groups in total. The molecule has 3 heterocycles. The monoisotopic (exact) mass is 714 g/mol. The Morgan fingerprint density at radius 2 is 1.85 bits per heavy atom. The van der Waals surface area contributed by atoms with Crippen molar-refractivity contribution in [2.75, 3.05) is 13.7 Å². The average Bonchev–Trinajstić information content (AvgIpc) is 3.59. The molecule has 0 radical (unpaired) electrons. The number of allylic oxidation sites excluding steroid dienone is 1. The Balaban J connectivity index is 1.50. The molecule has 0 unspecified atom stereocenters. The highest BCUT2D eigenvalue weighted by molar-refractivity contribution is 6.38. The number of methoxy groups -OCH3 is 1. The number of amides is 5. The summed E-state index contributed by atoms with van der Waals surface area (Å²) in [5.41, 5.74) is 0.0789. The largest absolute Gasteiger partial charge is 0.497 e. The molecule has 4 atom stereocenters. The molecule has 5 amide bonds. The second-order valence-electron chi connectivity index (χ2n) is 13.7. The molecule has 1 aliphatic heterocycles. The van der Waals surface area contributed by atoms with E-state index in [0.717, 1.165) is 12.8 Å². The summed E-state index contributed by atoms with van der Waals surface area (Å²) in [5, 5.41) is 15.6. The molecule has 1 aromatic carbocycles. The predicted molar refractivity (Wildman–Crippen MR) is 193 cm³/mol. The number of carbonyl (C=O) groups excluding carboxylic acids is 5. The summed E-state index contributed by atoms with van der Waals surface area (Å²) >= 11 is 0. The first-order chi connectivity index (χ1) is 24.7. The van der Waals surface area contributed by atoms with Gasteiger partial charge in [0.15, 0.2) is 5.82 Å². The Bertz CT molecular complexity index is 1890. The molecular formula is C37H46N8O7. The van der Waals surface area contributed by atoms with E-state index in [-0.39, 0.29) is 25.4 Å². The van der Waals surface area contributed by atoms with Gasteiger partial charge in [-0.2, -0.15) is 5.10 Å². The summed E-state index contributed by atoms with van der Waals surface area (Å²) in [5.74, 6) is -1.29. The third kappa shape index (κ3) is 8.76. The Morgan fingerprint density at radius 1 is 1.10 bits per heavy atom. The van der Waals surface area contributed by atoms with E-state index in [2.05, 4.69) is 39.5 Å². The number of Topliss-reactive ketones (excluding diaryl/α,β-unsaturated/α-hetero) is 1. The van der Waals surface area contributed by atoms with Crippen LogP contribution in [0.5, 0.6) is 11.5 Å². The van der Waals surface area contributed by atoms with Crippen LogP contribution in [0.25, 0.3) is 16.7 Å². The SMILES string of the molecule is C=C(C)NC(=O)N[C@@H](C(=C)C)C(=O)N1C[C@@](C)(Oc2cc(-n3cccn3)nc3cc(OC)ccc23)C[C@H]1C(=O)N[C@@H](CCC)C(=O)C(=O)NC1CC1. The van der Waals surface area contributed by atoms with E-state index in [4.69, 9.17) is 14.5 Å². The zero-order chi connectivity index (χ0) is 37.7. The van der Waals surface area contributed by atoms with Crippen LogP contribution in [0.2, 0.25) is 0 Å². The van der Waals surface area contributed by atoms with Gasteiger partial charge in [0.25, 0.3) is 5.91 Å². The molecule has 276 valence electrons. The highest BCUT2D eigenvalue weighted by Crippen LogP contribution is 2.37. The number of ketones is 1. The first-order valence-corrected chi connectivity index (χ1v) is 17.2. The van der Waals surface area contributed by atoms with Crippen molar-refractivity contribution < 1.29 is 33.4 Å². The summed E-state index contributed by atoms with van der Waals surface area (Å²) in [6.07, 6.45) is 5.70. The number of nitrogens with one attached hydrogen (secondary N) is 4. The molecule has 52 heavy (non-hydrogen) atoms. The van der Waals surface area contributed by atoms with Crippen LogP contribution in [-0.2, 0) is 19.2 Å². The minimum Gasteiger partial charge on any atom is -0.497 e. The molecule has 3 aromatic rings. The number of hydrogen-bond acceptors (Lipinski definition) is 9. The van der Waals surface area contributed by atoms with Crippen molar-refractivity contribution in [3.05, 3.63) is 67.2 Å². The number of hydrogen-bond donors (Lipinski definition) is 4. The molecular weight excluding hydrogens is 668 g/mol. The van der Waals surface area contributed by atoms with Crippen molar-refractivity contribution in [2.24, 2.45) is 0 Å². The van der Waals surface area contributed by atoms with E-state index >= 15 is 0 Å². The molecule has 15 nitrogen and oxygen atoms in total. The fourth-order valence-corrected chi connectivity index (χ4v) is 6.15. The molecule has 1 aliphatic carbocycles. The second kappa shape index (κ2) is 15.7. The molecule has 2 fully saturated rings. The number of ether oxygens (including phenoxy) is 2. The lowest BCUT2D eigenvalue weighted by Gasteiger charge is -2.30. The van der Waals surface area contributed by atoms with Crippen LogP contribution in [0.3, 0.4) is 0 Å². The van der Waals surface area contributed by atoms with Crippen LogP contribution < -0.4 is 30.7 Å². The lowest BCUT2D eigenvalue weighted by Crippen LogP contribution is -2.57. The number of likely N-dealkylation sites (tertiary alicyclic amines) is 1. The Labute approximate surface area is 302 Å². The molecule has 2 aliphatic rings. The fraction of sp³-hybridized carbons (Fsp3) is 0.432. The van der Waals surface area contributed by atoms with Crippen LogP contribution in [0.4, 0.5) is 4.79 Å². The molecule has 0 bridgehead atoms. The number of aromatic nitrogens is 3. The van der Waals surface area contributed by atoms with Gasteiger partial charge in [-0.05, 0) is 63.8 Å². The summed E-state index contributed by atoms with van der Waals surface area (Å²) in [7, 11) is 1.56. The average molecular weight is 715 g/mol. The number of carbonyl (C=O) groups is 5. The van der Waals surface area contributed by atoms with Crippen molar-refractivity contribution >= 4 is 40.4 Å². The van der Waals surface area contributed by atoms with E-state index < -0.39 is 53.3 Å². The first-order valence-electron chi connectivity index (χ1n) is 17.2. The molecule has 0 spiro atoms. The Kier molecular flexibility index (Phi) is 11.3. The van der Waals surface area contributed by atoms with Gasteiger partial charge in [-0.25, -0.2) is 14.5 Å². The molecule has 1 saturated heterocycles. The van der Waals surface area contributed by atoms with Gasteiger partial charge in [-0.1, -0.05) is 26.5 Å². The number of fused-ring (bicyclic) bond motifs is 1. The topological polar surface area (TPSA) is 186 Å². The standard InChI is InChI=1S/C37H46N8O7/c1-8-10-26(32(46)34(48)40-23-11-12-23)42-33(47)28-19-37(6,20-44(28)35(49)31(21(2)3)43-36(50)39-22(4)5)52-29-18-30(45-16-9-15-38-45)41-27-17-24(51-7)13-14-25(27)29/h9,13-18,23,26,28,31H,2,4,8,10-12,19-20H2,1,3,5-7H3,(H,40,48)(H,42,47)(H2,39,43,50)/t26-,28-,31-,37-/m0/s1. The quantitative estimate of drug-likeness (QED) is 0.136. The number of urea groups is 1. The van der Waals surface area contributed by atoms with E-state index in [9.17, 15) is 24.0 Å². The zero-order valence-electron chi connectivity index (χ0n) is 30.2. The summed E-state index contributed by atoms with van der Waals surface area (Å²) < 4.78 is 13.8. The van der Waals surface area contributed by atoms with Gasteiger partial charge in [0.2, 0.25) is 17.6 Å². The predicted octanol–water partition coefficient (Wildman–Crippen LogP) is 3.08. The van der Waals surface area contributed by atoms with Crippen LogP contribution in [0, 0.1) is 0 Å². The second-order valence-corrected chi connectivity index (χ2v) is 13.7. The molecule has 1 saturated carbocycles. The molecule has 5 rings (SSSR count). The fourth-order valence-electron chi connectivity index (χ4n) is 6.15. The van der Waals surface area contributed by atoms with Gasteiger partial charge in [0.05, 0.1) is 25.2 Å². The van der Waals surface area contributed by atoms with E-state index in [0.29, 0.717) is 45.9 Å². The van der Waals surface area contributed by atoms with Crippen molar-refractivity contribution in [1.82, 2.24) is 40.9 Å². The van der Waals surface area contributed by atoms with Crippen LogP contribution >= 0.6 is 0 Å². The lowest BCUT2D eigenvalue weighted by atomic mass is 10.0. The molecule has 2 aromatic heterocycles. The van der Waals surface area contributed by atoms with Crippen molar-refractivity contribution in [2.45, 2.75) is 89.6 Å². The number of benzene rings is 1. The minimum absolute atomic E-state index is 0.00380. The zero-order valence-corrected chi connectivity index (χ0v) is 30.2. The van der Waals surface area contributed by atoms with Gasteiger partial charge in [0, 0.05) is 48.1 Å². The van der Waals surface area contributed by atoms with Crippen molar-refractivity contribution in [3.8, 4) is 17.3 Å².